The second-order valence-electron chi connectivity index (χ2n) is 8.16. The average molecular weight is 438 g/mol. The smallest absolute Gasteiger partial charge is 0.289 e. The monoisotopic (exact) mass is 437 g/mol. The number of piperazine rings is 1. The van der Waals surface area contributed by atoms with Crippen LogP contribution in [0, 0.1) is 0 Å². The topological polar surface area (TPSA) is 81.4 Å². The van der Waals surface area contributed by atoms with Gasteiger partial charge in [0.25, 0.3) is 5.91 Å². The van der Waals surface area contributed by atoms with Crippen LogP contribution in [0.4, 0.5) is 0 Å². The van der Waals surface area contributed by atoms with Crippen molar-refractivity contribution in [2.24, 2.45) is 4.99 Å². The number of hydrogen-bond acceptors (Lipinski definition) is 4. The van der Waals surface area contributed by atoms with E-state index in [0.29, 0.717) is 38.4 Å². The van der Waals surface area contributed by atoms with Crippen LogP contribution in [0.2, 0.25) is 0 Å². The number of guanidine groups is 1. The maximum Gasteiger partial charge on any atom is 0.289 e. The van der Waals surface area contributed by atoms with E-state index in [1.807, 2.05) is 9.80 Å². The molecule has 1 N–H and O–H groups in total. The van der Waals surface area contributed by atoms with Crippen molar-refractivity contribution < 1.29 is 14.0 Å². The Balaban J connectivity index is 1.32. The Bertz CT molecular complexity index is 931. The van der Waals surface area contributed by atoms with Crippen LogP contribution in [0.15, 0.2) is 52.1 Å². The summed E-state index contributed by atoms with van der Waals surface area (Å²) in [5.41, 5.74) is 2.28. The van der Waals surface area contributed by atoms with Gasteiger partial charge in [-0.15, -0.1) is 0 Å². The summed E-state index contributed by atoms with van der Waals surface area (Å²) in [6, 6.07) is 11.8. The molecule has 0 aliphatic carbocycles. The molecule has 2 saturated heterocycles. The number of nitrogens with one attached hydrogen (secondary N) is 1. The molecule has 2 aliphatic heterocycles. The van der Waals surface area contributed by atoms with Gasteiger partial charge in [0.15, 0.2) is 11.7 Å². The SMILES string of the molecule is CCNC(=NCc1ccc(CN2CCCC2=O)cc1)N1CCN(C(=O)c2ccco2)CC1. The number of carbonyl (C=O) groups is 2. The zero-order chi connectivity index (χ0) is 22.3. The lowest BCUT2D eigenvalue weighted by Gasteiger charge is -2.36. The van der Waals surface area contributed by atoms with E-state index in [1.54, 1.807) is 12.1 Å². The number of aliphatic imine (C=N–C) groups is 1. The minimum atomic E-state index is -0.0627. The van der Waals surface area contributed by atoms with Gasteiger partial charge in [-0.25, -0.2) is 4.99 Å². The van der Waals surface area contributed by atoms with E-state index in [2.05, 4.69) is 41.4 Å². The quantitative estimate of drug-likeness (QED) is 0.554. The molecule has 8 nitrogen and oxygen atoms in total. The van der Waals surface area contributed by atoms with E-state index in [0.717, 1.165) is 49.7 Å². The summed E-state index contributed by atoms with van der Waals surface area (Å²) in [5, 5.41) is 3.37. The number of rotatable bonds is 6. The first-order chi connectivity index (χ1) is 15.6. The van der Waals surface area contributed by atoms with E-state index in [1.165, 1.54) is 6.26 Å². The Morgan fingerprint density at radius 3 is 2.38 bits per heavy atom. The summed E-state index contributed by atoms with van der Waals surface area (Å²) in [6.07, 6.45) is 3.16. The number of benzene rings is 1. The van der Waals surface area contributed by atoms with Gasteiger partial charge in [-0.2, -0.15) is 0 Å². The van der Waals surface area contributed by atoms with Crippen molar-refractivity contribution >= 4 is 17.8 Å². The molecule has 0 unspecified atom stereocenters. The van der Waals surface area contributed by atoms with Crippen LogP contribution in [0.25, 0.3) is 0 Å². The Hall–Kier alpha value is -3.29. The molecule has 1 aromatic heterocycles. The molecular weight excluding hydrogens is 406 g/mol. The molecule has 2 aliphatic rings. The first-order valence-electron chi connectivity index (χ1n) is 11.4. The summed E-state index contributed by atoms with van der Waals surface area (Å²) in [4.78, 5) is 35.1. The third kappa shape index (κ3) is 5.30. The molecule has 32 heavy (non-hydrogen) atoms. The zero-order valence-corrected chi connectivity index (χ0v) is 18.6. The molecule has 0 radical (unpaired) electrons. The summed E-state index contributed by atoms with van der Waals surface area (Å²) in [5.74, 6) is 1.44. The van der Waals surface area contributed by atoms with Crippen LogP contribution < -0.4 is 5.32 Å². The Morgan fingerprint density at radius 1 is 1.03 bits per heavy atom. The van der Waals surface area contributed by atoms with Gasteiger partial charge in [-0.05, 0) is 36.6 Å². The van der Waals surface area contributed by atoms with E-state index < -0.39 is 0 Å². The van der Waals surface area contributed by atoms with Crippen molar-refractivity contribution in [2.45, 2.75) is 32.9 Å². The van der Waals surface area contributed by atoms with Crippen LogP contribution in [0.3, 0.4) is 0 Å². The van der Waals surface area contributed by atoms with Crippen LogP contribution in [0.5, 0.6) is 0 Å². The minimum absolute atomic E-state index is 0.0627. The number of nitrogens with zero attached hydrogens (tertiary/aromatic N) is 4. The fourth-order valence-electron chi connectivity index (χ4n) is 4.11. The highest BCUT2D eigenvalue weighted by Gasteiger charge is 2.25. The summed E-state index contributed by atoms with van der Waals surface area (Å²) in [7, 11) is 0. The maximum absolute atomic E-state index is 12.5. The number of amides is 2. The first-order valence-corrected chi connectivity index (χ1v) is 11.4. The van der Waals surface area contributed by atoms with Crippen molar-refractivity contribution in [3.63, 3.8) is 0 Å². The molecule has 0 bridgehead atoms. The largest absolute Gasteiger partial charge is 0.459 e. The second kappa shape index (κ2) is 10.3. The molecule has 0 saturated carbocycles. The van der Waals surface area contributed by atoms with Gasteiger partial charge in [-0.3, -0.25) is 9.59 Å². The summed E-state index contributed by atoms with van der Waals surface area (Å²) >= 11 is 0. The number of hydrogen-bond donors (Lipinski definition) is 1. The second-order valence-corrected chi connectivity index (χ2v) is 8.16. The summed E-state index contributed by atoms with van der Waals surface area (Å²) < 4.78 is 5.24. The lowest BCUT2D eigenvalue weighted by Crippen LogP contribution is -2.53. The molecule has 2 amide bonds. The van der Waals surface area contributed by atoms with Crippen LogP contribution in [-0.4, -0.2) is 71.7 Å². The molecule has 0 atom stereocenters. The van der Waals surface area contributed by atoms with Gasteiger partial charge in [0, 0.05) is 52.2 Å². The fourth-order valence-corrected chi connectivity index (χ4v) is 4.11. The third-order valence-electron chi connectivity index (χ3n) is 5.91. The van der Waals surface area contributed by atoms with Gasteiger partial charge >= 0.3 is 0 Å². The highest BCUT2D eigenvalue weighted by molar-refractivity contribution is 5.91. The van der Waals surface area contributed by atoms with Gasteiger partial charge < -0.3 is 24.4 Å². The molecule has 0 spiro atoms. The van der Waals surface area contributed by atoms with Gasteiger partial charge in [-0.1, -0.05) is 24.3 Å². The predicted octanol–water partition coefficient (Wildman–Crippen LogP) is 2.33. The molecule has 8 heteroatoms. The Kier molecular flexibility index (Phi) is 7.09. The minimum Gasteiger partial charge on any atom is -0.459 e. The summed E-state index contributed by atoms with van der Waals surface area (Å²) in [6.45, 7) is 7.68. The zero-order valence-electron chi connectivity index (χ0n) is 18.6. The molecule has 170 valence electrons. The number of furan rings is 1. The predicted molar refractivity (Wildman–Crippen MR) is 122 cm³/mol. The van der Waals surface area contributed by atoms with Crippen molar-refractivity contribution in [3.8, 4) is 0 Å². The Labute approximate surface area is 188 Å². The lowest BCUT2D eigenvalue weighted by molar-refractivity contribution is -0.128. The van der Waals surface area contributed by atoms with Crippen LogP contribution in [0.1, 0.15) is 41.4 Å². The molecule has 1 aromatic carbocycles. The van der Waals surface area contributed by atoms with E-state index in [9.17, 15) is 9.59 Å². The van der Waals surface area contributed by atoms with Crippen molar-refractivity contribution in [1.82, 2.24) is 20.0 Å². The fraction of sp³-hybridized carbons (Fsp3) is 0.458. The van der Waals surface area contributed by atoms with E-state index in [-0.39, 0.29) is 11.8 Å². The van der Waals surface area contributed by atoms with Gasteiger partial charge in [0.2, 0.25) is 5.91 Å². The van der Waals surface area contributed by atoms with Crippen molar-refractivity contribution in [3.05, 3.63) is 59.5 Å². The van der Waals surface area contributed by atoms with Gasteiger partial charge in [0.1, 0.15) is 0 Å². The standard InChI is InChI=1S/C24H31N5O3/c1-2-25-24(28-14-12-27(13-15-28)23(31)21-5-4-16-32-21)26-17-19-7-9-20(10-8-19)18-29-11-3-6-22(29)30/h4-5,7-10,16H,2-3,6,11-15,17-18H2,1H3,(H,25,26). The maximum atomic E-state index is 12.5. The lowest BCUT2D eigenvalue weighted by atomic mass is 10.1. The highest BCUT2D eigenvalue weighted by atomic mass is 16.3. The average Bonchev–Trinajstić information content (AvgIpc) is 3.50. The van der Waals surface area contributed by atoms with E-state index in [4.69, 9.17) is 9.41 Å². The Morgan fingerprint density at radius 2 is 1.75 bits per heavy atom. The van der Waals surface area contributed by atoms with Crippen molar-refractivity contribution in [1.29, 1.82) is 0 Å². The molecular formula is C24H31N5O3. The normalized spacial score (nSPS) is 17.2. The number of carbonyl (C=O) groups excluding carboxylic acids is 2. The van der Waals surface area contributed by atoms with Gasteiger partial charge in [0.05, 0.1) is 12.8 Å². The van der Waals surface area contributed by atoms with Crippen LogP contribution >= 0.6 is 0 Å². The van der Waals surface area contributed by atoms with Crippen molar-refractivity contribution in [2.75, 3.05) is 39.3 Å². The molecule has 2 fully saturated rings. The molecule has 2 aromatic rings. The van der Waals surface area contributed by atoms with Crippen LogP contribution in [-0.2, 0) is 17.9 Å². The number of likely N-dealkylation sites (tertiary alicyclic amines) is 1. The highest BCUT2D eigenvalue weighted by Crippen LogP contribution is 2.15. The third-order valence-corrected chi connectivity index (χ3v) is 5.91. The first kappa shape index (κ1) is 21.9. The van der Waals surface area contributed by atoms with E-state index >= 15 is 0 Å². The molecule has 4 rings (SSSR count). The molecule has 3 heterocycles.